The lowest BCUT2D eigenvalue weighted by atomic mass is 9.78. The Labute approximate surface area is 124 Å². The fraction of sp³-hybridized carbons (Fsp3) is 0.667. The van der Waals surface area contributed by atoms with E-state index in [4.69, 9.17) is 4.74 Å². The van der Waals surface area contributed by atoms with Crippen molar-refractivity contribution < 1.29 is 4.74 Å². The number of hydrogen-bond donors (Lipinski definition) is 1. The molecule has 1 N–H and O–H groups in total. The smallest absolute Gasteiger partial charge is 0.119 e. The van der Waals surface area contributed by atoms with Crippen molar-refractivity contribution >= 4 is 0 Å². The van der Waals surface area contributed by atoms with E-state index in [-0.39, 0.29) is 5.41 Å². The number of hydrogen-bond acceptors (Lipinski definition) is 2. The SMILES string of the molecule is CCCNC(c1ccc(OCCC)cc1)C(C)(C)CC. The van der Waals surface area contributed by atoms with Gasteiger partial charge in [-0.2, -0.15) is 0 Å². The Balaban J connectivity index is 2.85. The molecular weight excluding hydrogens is 246 g/mol. The zero-order valence-electron chi connectivity index (χ0n) is 13.8. The highest BCUT2D eigenvalue weighted by molar-refractivity contribution is 5.30. The predicted octanol–water partition coefficient (Wildman–Crippen LogP) is 4.95. The quantitative estimate of drug-likeness (QED) is 0.689. The standard InChI is InChI=1S/C18H31NO/c1-6-13-19-17(18(4,5)8-3)15-9-11-16(12-10-15)20-14-7-2/h9-12,17,19H,6-8,13-14H2,1-5H3. The van der Waals surface area contributed by atoms with Crippen LogP contribution in [0.1, 0.15) is 65.5 Å². The summed E-state index contributed by atoms with van der Waals surface area (Å²) in [4.78, 5) is 0. The lowest BCUT2D eigenvalue weighted by molar-refractivity contribution is 0.234. The first-order valence-electron chi connectivity index (χ1n) is 8.01. The second-order valence-electron chi connectivity index (χ2n) is 6.15. The number of ether oxygens (including phenoxy) is 1. The molecule has 0 aliphatic carbocycles. The maximum Gasteiger partial charge on any atom is 0.119 e. The van der Waals surface area contributed by atoms with Gasteiger partial charge in [-0.25, -0.2) is 0 Å². The highest BCUT2D eigenvalue weighted by atomic mass is 16.5. The molecule has 1 unspecified atom stereocenters. The van der Waals surface area contributed by atoms with Gasteiger partial charge in [0.2, 0.25) is 0 Å². The van der Waals surface area contributed by atoms with E-state index in [0.717, 1.165) is 38.2 Å². The molecule has 1 rings (SSSR count). The van der Waals surface area contributed by atoms with Gasteiger partial charge in [0.1, 0.15) is 5.75 Å². The number of nitrogens with one attached hydrogen (secondary N) is 1. The first-order chi connectivity index (χ1) is 9.55. The van der Waals surface area contributed by atoms with Gasteiger partial charge in [-0.1, -0.05) is 46.8 Å². The summed E-state index contributed by atoms with van der Waals surface area (Å²) in [6.45, 7) is 13.1. The Morgan fingerprint density at radius 3 is 2.20 bits per heavy atom. The van der Waals surface area contributed by atoms with Crippen LogP contribution in [-0.4, -0.2) is 13.2 Å². The zero-order valence-corrected chi connectivity index (χ0v) is 13.8. The first kappa shape index (κ1) is 17.0. The predicted molar refractivity (Wildman–Crippen MR) is 87.3 cm³/mol. The van der Waals surface area contributed by atoms with Gasteiger partial charge in [0, 0.05) is 6.04 Å². The van der Waals surface area contributed by atoms with Crippen LogP contribution in [0.4, 0.5) is 0 Å². The van der Waals surface area contributed by atoms with Gasteiger partial charge in [0.05, 0.1) is 6.61 Å². The largest absolute Gasteiger partial charge is 0.494 e. The molecular formula is C18H31NO. The molecule has 1 aromatic rings. The minimum absolute atomic E-state index is 0.251. The molecule has 2 heteroatoms. The normalized spacial score (nSPS) is 13.2. The minimum Gasteiger partial charge on any atom is -0.494 e. The fourth-order valence-corrected chi connectivity index (χ4v) is 2.31. The lowest BCUT2D eigenvalue weighted by Crippen LogP contribution is -2.34. The topological polar surface area (TPSA) is 21.3 Å². The molecule has 20 heavy (non-hydrogen) atoms. The van der Waals surface area contributed by atoms with Crippen LogP contribution >= 0.6 is 0 Å². The van der Waals surface area contributed by atoms with Gasteiger partial charge >= 0.3 is 0 Å². The summed E-state index contributed by atoms with van der Waals surface area (Å²) >= 11 is 0. The van der Waals surface area contributed by atoms with Crippen LogP contribution in [-0.2, 0) is 0 Å². The van der Waals surface area contributed by atoms with E-state index in [9.17, 15) is 0 Å². The van der Waals surface area contributed by atoms with E-state index in [1.165, 1.54) is 5.56 Å². The molecule has 0 aliphatic heterocycles. The average molecular weight is 277 g/mol. The molecule has 114 valence electrons. The van der Waals surface area contributed by atoms with Gasteiger partial charge in [-0.15, -0.1) is 0 Å². The summed E-state index contributed by atoms with van der Waals surface area (Å²) in [6.07, 6.45) is 3.36. The Hall–Kier alpha value is -1.02. The summed E-state index contributed by atoms with van der Waals surface area (Å²) in [5.41, 5.74) is 1.61. The van der Waals surface area contributed by atoms with E-state index in [0.29, 0.717) is 6.04 Å². The van der Waals surface area contributed by atoms with Crippen LogP contribution in [0.25, 0.3) is 0 Å². The fourth-order valence-electron chi connectivity index (χ4n) is 2.31. The van der Waals surface area contributed by atoms with Crippen molar-refractivity contribution in [3.63, 3.8) is 0 Å². The van der Waals surface area contributed by atoms with Gasteiger partial charge < -0.3 is 10.1 Å². The molecule has 2 nitrogen and oxygen atoms in total. The van der Waals surface area contributed by atoms with Crippen LogP contribution in [0.2, 0.25) is 0 Å². The Kier molecular flexibility index (Phi) is 7.08. The zero-order chi connectivity index (χ0) is 15.0. The second kappa shape index (κ2) is 8.31. The molecule has 1 aromatic carbocycles. The molecule has 0 aliphatic rings. The summed E-state index contributed by atoms with van der Waals surface area (Å²) in [5.74, 6) is 0.971. The van der Waals surface area contributed by atoms with E-state index >= 15 is 0 Å². The van der Waals surface area contributed by atoms with Crippen molar-refractivity contribution in [2.45, 2.75) is 59.9 Å². The number of rotatable bonds is 9. The number of benzene rings is 1. The van der Waals surface area contributed by atoms with Crippen LogP contribution in [0, 0.1) is 5.41 Å². The van der Waals surface area contributed by atoms with Crippen molar-refractivity contribution in [1.82, 2.24) is 5.32 Å². The van der Waals surface area contributed by atoms with Crippen LogP contribution < -0.4 is 10.1 Å². The van der Waals surface area contributed by atoms with Gasteiger partial charge in [0.15, 0.2) is 0 Å². The third-order valence-corrected chi connectivity index (χ3v) is 3.98. The highest BCUT2D eigenvalue weighted by Gasteiger charge is 2.28. The average Bonchev–Trinajstić information content (AvgIpc) is 2.46. The molecule has 0 bridgehead atoms. The molecule has 0 aromatic heterocycles. The molecule has 0 amide bonds. The van der Waals surface area contributed by atoms with Crippen LogP contribution in [0.5, 0.6) is 5.75 Å². The van der Waals surface area contributed by atoms with Crippen molar-refractivity contribution in [3.05, 3.63) is 29.8 Å². The van der Waals surface area contributed by atoms with E-state index < -0.39 is 0 Å². The van der Waals surface area contributed by atoms with Crippen molar-refractivity contribution in [1.29, 1.82) is 0 Å². The molecule has 0 fully saturated rings. The van der Waals surface area contributed by atoms with Crippen molar-refractivity contribution in [2.75, 3.05) is 13.2 Å². The minimum atomic E-state index is 0.251. The summed E-state index contributed by atoms with van der Waals surface area (Å²) in [7, 11) is 0. The van der Waals surface area contributed by atoms with E-state index in [1.807, 2.05) is 0 Å². The van der Waals surface area contributed by atoms with Crippen LogP contribution in [0.3, 0.4) is 0 Å². The molecule has 0 saturated carbocycles. The maximum absolute atomic E-state index is 5.66. The molecule has 0 spiro atoms. The third kappa shape index (κ3) is 4.82. The summed E-state index contributed by atoms with van der Waals surface area (Å²) in [5, 5.41) is 3.70. The van der Waals surface area contributed by atoms with E-state index in [2.05, 4.69) is 64.2 Å². The summed E-state index contributed by atoms with van der Waals surface area (Å²) < 4.78 is 5.66. The summed E-state index contributed by atoms with van der Waals surface area (Å²) in [6, 6.07) is 8.99. The monoisotopic (exact) mass is 277 g/mol. The maximum atomic E-state index is 5.66. The molecule has 0 saturated heterocycles. The third-order valence-electron chi connectivity index (χ3n) is 3.98. The molecule has 0 heterocycles. The first-order valence-corrected chi connectivity index (χ1v) is 8.01. The second-order valence-corrected chi connectivity index (χ2v) is 6.15. The van der Waals surface area contributed by atoms with E-state index in [1.54, 1.807) is 0 Å². The van der Waals surface area contributed by atoms with Gasteiger partial charge in [-0.05, 0) is 48.9 Å². The molecule has 1 atom stereocenters. The Morgan fingerprint density at radius 1 is 1.05 bits per heavy atom. The Morgan fingerprint density at radius 2 is 1.70 bits per heavy atom. The Bertz CT molecular complexity index is 370. The van der Waals surface area contributed by atoms with Gasteiger partial charge in [0.25, 0.3) is 0 Å². The molecule has 0 radical (unpaired) electrons. The highest BCUT2D eigenvalue weighted by Crippen LogP contribution is 2.36. The lowest BCUT2D eigenvalue weighted by Gasteiger charge is -2.35. The van der Waals surface area contributed by atoms with Gasteiger partial charge in [-0.3, -0.25) is 0 Å². The van der Waals surface area contributed by atoms with Crippen LogP contribution in [0.15, 0.2) is 24.3 Å². The van der Waals surface area contributed by atoms with Crippen molar-refractivity contribution in [2.24, 2.45) is 5.41 Å². The van der Waals surface area contributed by atoms with Crippen molar-refractivity contribution in [3.8, 4) is 5.75 Å².